The van der Waals surface area contributed by atoms with E-state index in [4.69, 9.17) is 4.74 Å². The SMILES string of the molecule is CCNC(Cc1ccc(OC)c(Br)c1)C1C2CCCCC21. The first kappa shape index (κ1) is 15.4. The van der Waals surface area contributed by atoms with Crippen LogP contribution in [0, 0.1) is 17.8 Å². The Bertz CT molecular complexity index is 478. The van der Waals surface area contributed by atoms with Gasteiger partial charge in [0.15, 0.2) is 0 Å². The summed E-state index contributed by atoms with van der Waals surface area (Å²) in [6.45, 7) is 3.29. The summed E-state index contributed by atoms with van der Waals surface area (Å²) < 4.78 is 6.39. The fraction of sp³-hybridized carbons (Fsp3) is 0.667. The van der Waals surface area contributed by atoms with Gasteiger partial charge in [0.1, 0.15) is 5.75 Å². The van der Waals surface area contributed by atoms with Gasteiger partial charge in [-0.2, -0.15) is 0 Å². The minimum Gasteiger partial charge on any atom is -0.496 e. The molecular formula is C18H26BrNO. The van der Waals surface area contributed by atoms with Crippen molar-refractivity contribution >= 4 is 15.9 Å². The number of rotatable bonds is 6. The van der Waals surface area contributed by atoms with Crippen molar-refractivity contribution in [3.05, 3.63) is 28.2 Å². The molecule has 0 amide bonds. The van der Waals surface area contributed by atoms with Crippen molar-refractivity contribution in [1.29, 1.82) is 0 Å². The fourth-order valence-electron chi connectivity index (χ4n) is 4.34. The predicted molar refractivity (Wildman–Crippen MR) is 90.8 cm³/mol. The molecule has 1 N–H and O–H groups in total. The van der Waals surface area contributed by atoms with Gasteiger partial charge in [-0.3, -0.25) is 0 Å². The van der Waals surface area contributed by atoms with E-state index < -0.39 is 0 Å². The van der Waals surface area contributed by atoms with Crippen LogP contribution in [0.4, 0.5) is 0 Å². The molecule has 0 spiro atoms. The van der Waals surface area contributed by atoms with Gasteiger partial charge in [-0.05, 0) is 77.2 Å². The Hall–Kier alpha value is -0.540. The molecule has 2 fully saturated rings. The summed E-state index contributed by atoms with van der Waals surface area (Å²) in [5.74, 6) is 3.83. The lowest BCUT2D eigenvalue weighted by Gasteiger charge is -2.19. The van der Waals surface area contributed by atoms with E-state index >= 15 is 0 Å². The molecule has 2 nitrogen and oxygen atoms in total. The molecule has 2 saturated carbocycles. The van der Waals surface area contributed by atoms with Crippen molar-refractivity contribution in [3.63, 3.8) is 0 Å². The van der Waals surface area contributed by atoms with Crippen LogP contribution in [0.2, 0.25) is 0 Å². The van der Waals surface area contributed by atoms with Crippen LogP contribution in [0.5, 0.6) is 5.75 Å². The Balaban J connectivity index is 1.69. The molecule has 21 heavy (non-hydrogen) atoms. The summed E-state index contributed by atoms with van der Waals surface area (Å²) in [4.78, 5) is 0. The second-order valence-corrected chi connectivity index (χ2v) is 7.38. The Labute approximate surface area is 136 Å². The lowest BCUT2D eigenvalue weighted by molar-refractivity contribution is 0.411. The Morgan fingerprint density at radius 2 is 2.00 bits per heavy atom. The van der Waals surface area contributed by atoms with Crippen molar-refractivity contribution in [2.45, 2.75) is 45.1 Å². The molecule has 0 aliphatic heterocycles. The molecule has 2 aliphatic carbocycles. The Kier molecular flexibility index (Phi) is 4.90. The van der Waals surface area contributed by atoms with E-state index in [0.29, 0.717) is 6.04 Å². The maximum Gasteiger partial charge on any atom is 0.133 e. The average Bonchev–Trinajstić information content (AvgIpc) is 3.21. The highest BCUT2D eigenvalue weighted by Crippen LogP contribution is 2.57. The zero-order valence-corrected chi connectivity index (χ0v) is 14.7. The number of methoxy groups -OCH3 is 1. The quantitative estimate of drug-likeness (QED) is 0.819. The molecule has 0 saturated heterocycles. The van der Waals surface area contributed by atoms with Crippen LogP contribution in [-0.4, -0.2) is 19.7 Å². The summed E-state index contributed by atoms with van der Waals surface area (Å²) in [6, 6.07) is 7.14. The number of halogens is 1. The molecule has 3 unspecified atom stereocenters. The number of likely N-dealkylation sites (N-methyl/N-ethyl adjacent to an activating group) is 1. The molecule has 3 heteroatoms. The van der Waals surface area contributed by atoms with Gasteiger partial charge in [-0.25, -0.2) is 0 Å². The smallest absolute Gasteiger partial charge is 0.133 e. The molecule has 0 bridgehead atoms. The van der Waals surface area contributed by atoms with Crippen LogP contribution in [0.25, 0.3) is 0 Å². The summed E-state index contributed by atoms with van der Waals surface area (Å²) in [5, 5.41) is 3.75. The fourth-order valence-corrected chi connectivity index (χ4v) is 4.93. The lowest BCUT2D eigenvalue weighted by atomic mass is 9.99. The topological polar surface area (TPSA) is 21.3 Å². The summed E-state index contributed by atoms with van der Waals surface area (Å²) in [7, 11) is 1.72. The number of hydrogen-bond donors (Lipinski definition) is 1. The van der Waals surface area contributed by atoms with Crippen molar-refractivity contribution in [2.24, 2.45) is 17.8 Å². The van der Waals surface area contributed by atoms with E-state index in [9.17, 15) is 0 Å². The molecule has 1 aromatic carbocycles. The van der Waals surface area contributed by atoms with Gasteiger partial charge >= 0.3 is 0 Å². The van der Waals surface area contributed by atoms with E-state index in [2.05, 4.69) is 46.4 Å². The minimum atomic E-state index is 0.642. The van der Waals surface area contributed by atoms with Gasteiger partial charge in [-0.1, -0.05) is 25.8 Å². The van der Waals surface area contributed by atoms with E-state index in [1.807, 2.05) is 0 Å². The van der Waals surface area contributed by atoms with E-state index in [0.717, 1.165) is 40.9 Å². The predicted octanol–water partition coefficient (Wildman–Crippen LogP) is 4.41. The van der Waals surface area contributed by atoms with Gasteiger partial charge in [0.25, 0.3) is 0 Å². The summed E-state index contributed by atoms with van der Waals surface area (Å²) >= 11 is 3.60. The van der Waals surface area contributed by atoms with Crippen molar-refractivity contribution < 1.29 is 4.74 Å². The van der Waals surface area contributed by atoms with Crippen LogP contribution in [-0.2, 0) is 6.42 Å². The molecule has 3 rings (SSSR count). The van der Waals surface area contributed by atoms with Gasteiger partial charge < -0.3 is 10.1 Å². The highest BCUT2D eigenvalue weighted by molar-refractivity contribution is 9.10. The highest BCUT2D eigenvalue weighted by atomic mass is 79.9. The van der Waals surface area contributed by atoms with E-state index in [1.165, 1.54) is 31.2 Å². The van der Waals surface area contributed by atoms with Crippen molar-refractivity contribution in [3.8, 4) is 5.75 Å². The normalized spacial score (nSPS) is 28.8. The van der Waals surface area contributed by atoms with Crippen molar-refractivity contribution in [2.75, 3.05) is 13.7 Å². The molecule has 1 aromatic rings. The van der Waals surface area contributed by atoms with Gasteiger partial charge in [0, 0.05) is 6.04 Å². The van der Waals surface area contributed by atoms with Gasteiger partial charge in [0.05, 0.1) is 11.6 Å². The molecule has 116 valence electrons. The molecule has 0 radical (unpaired) electrons. The second-order valence-electron chi connectivity index (χ2n) is 6.53. The first-order chi connectivity index (χ1) is 10.2. The number of hydrogen-bond acceptors (Lipinski definition) is 2. The highest BCUT2D eigenvalue weighted by Gasteiger charge is 2.53. The summed E-state index contributed by atoms with van der Waals surface area (Å²) in [5.41, 5.74) is 1.40. The maximum atomic E-state index is 5.33. The maximum absolute atomic E-state index is 5.33. The molecule has 2 aliphatic rings. The second kappa shape index (κ2) is 6.70. The van der Waals surface area contributed by atoms with Crippen LogP contribution in [0.3, 0.4) is 0 Å². The first-order valence-corrected chi connectivity index (χ1v) is 9.09. The summed E-state index contributed by atoms with van der Waals surface area (Å²) in [6.07, 6.45) is 6.95. The van der Waals surface area contributed by atoms with E-state index in [-0.39, 0.29) is 0 Å². The molecule has 3 atom stereocenters. The monoisotopic (exact) mass is 351 g/mol. The van der Waals surface area contributed by atoms with Crippen molar-refractivity contribution in [1.82, 2.24) is 5.32 Å². The van der Waals surface area contributed by atoms with Crippen LogP contribution in [0.1, 0.15) is 38.2 Å². The standard InChI is InChI=1S/C18H26BrNO/c1-3-20-16(18-13-6-4-5-7-14(13)18)11-12-8-9-17(21-2)15(19)10-12/h8-10,13-14,16,18,20H,3-7,11H2,1-2H3. The van der Waals surface area contributed by atoms with Gasteiger partial charge in [-0.15, -0.1) is 0 Å². The zero-order chi connectivity index (χ0) is 14.8. The largest absolute Gasteiger partial charge is 0.496 e. The Morgan fingerprint density at radius 1 is 1.29 bits per heavy atom. The Morgan fingerprint density at radius 3 is 2.57 bits per heavy atom. The van der Waals surface area contributed by atoms with E-state index in [1.54, 1.807) is 7.11 Å². The van der Waals surface area contributed by atoms with Crippen LogP contribution >= 0.6 is 15.9 Å². The van der Waals surface area contributed by atoms with Gasteiger partial charge in [0.2, 0.25) is 0 Å². The number of benzene rings is 1. The molecular weight excluding hydrogens is 326 g/mol. The number of ether oxygens (including phenoxy) is 1. The third-order valence-electron chi connectivity index (χ3n) is 5.33. The molecule has 0 heterocycles. The molecule has 0 aromatic heterocycles. The average molecular weight is 352 g/mol. The third-order valence-corrected chi connectivity index (χ3v) is 5.95. The van der Waals surface area contributed by atoms with Crippen LogP contribution < -0.4 is 10.1 Å². The number of nitrogens with one attached hydrogen (secondary N) is 1. The lowest BCUT2D eigenvalue weighted by Crippen LogP contribution is -2.34. The minimum absolute atomic E-state index is 0.642. The van der Waals surface area contributed by atoms with Crippen LogP contribution in [0.15, 0.2) is 22.7 Å². The first-order valence-electron chi connectivity index (χ1n) is 8.30. The zero-order valence-electron chi connectivity index (χ0n) is 13.1. The number of fused-ring (bicyclic) bond motifs is 1. The third kappa shape index (κ3) is 3.29.